The molecule has 0 atom stereocenters. The molecule has 2 amide bonds. The summed E-state index contributed by atoms with van der Waals surface area (Å²) in [5.74, 6) is -0.679. The molecule has 192 valence electrons. The standard InChI is InChI=1S/C31H22Cl2N4O2/c1-19(21-10-6-13-24(17-21)34-30(38)22-11-5-12-23(32)16-22)36-37-31(39)26-18-28(20-8-3-2-4-9-20)35-29-25(26)14-7-15-27(29)33/h2-18H,1H3,(H,34,38)(H,37,39)/b36-19+. The summed E-state index contributed by atoms with van der Waals surface area (Å²) in [5.41, 5.74) is 7.41. The SMILES string of the molecule is C/C(=N\NC(=O)c1cc(-c2ccccc2)nc2c(Cl)cccc12)c1cccc(NC(=O)c2cccc(Cl)c2)c1. The lowest BCUT2D eigenvalue weighted by Gasteiger charge is -2.11. The second-order valence-corrected chi connectivity index (χ2v) is 9.58. The number of hydrogen-bond acceptors (Lipinski definition) is 4. The molecule has 0 unspecified atom stereocenters. The van der Waals surface area contributed by atoms with Crippen LogP contribution in [-0.2, 0) is 0 Å². The van der Waals surface area contributed by atoms with Crippen LogP contribution in [0, 0.1) is 0 Å². The second kappa shape index (κ2) is 11.5. The van der Waals surface area contributed by atoms with Gasteiger partial charge in [0.05, 0.1) is 27.5 Å². The van der Waals surface area contributed by atoms with Crippen LogP contribution in [0.1, 0.15) is 33.2 Å². The van der Waals surface area contributed by atoms with E-state index in [0.29, 0.717) is 49.2 Å². The van der Waals surface area contributed by atoms with Crippen molar-refractivity contribution in [2.24, 2.45) is 5.10 Å². The molecule has 1 aromatic heterocycles. The number of carbonyl (C=O) groups excluding carboxylic acids is 2. The Labute approximate surface area is 235 Å². The number of halogens is 2. The lowest BCUT2D eigenvalue weighted by Crippen LogP contribution is -2.20. The summed E-state index contributed by atoms with van der Waals surface area (Å²) in [5, 5.41) is 8.74. The van der Waals surface area contributed by atoms with Gasteiger partial charge >= 0.3 is 0 Å². The van der Waals surface area contributed by atoms with Crippen molar-refractivity contribution in [1.82, 2.24) is 10.4 Å². The van der Waals surface area contributed by atoms with E-state index in [9.17, 15) is 9.59 Å². The van der Waals surface area contributed by atoms with Crippen molar-refractivity contribution in [2.45, 2.75) is 6.92 Å². The zero-order valence-electron chi connectivity index (χ0n) is 20.8. The van der Waals surface area contributed by atoms with Crippen molar-refractivity contribution in [3.63, 3.8) is 0 Å². The van der Waals surface area contributed by atoms with Gasteiger partial charge in [0, 0.05) is 27.2 Å². The zero-order chi connectivity index (χ0) is 27.4. The Morgan fingerprint density at radius 3 is 2.31 bits per heavy atom. The molecule has 0 fully saturated rings. The van der Waals surface area contributed by atoms with Crippen LogP contribution >= 0.6 is 23.2 Å². The number of para-hydroxylation sites is 1. The number of hydrogen-bond donors (Lipinski definition) is 2. The maximum Gasteiger partial charge on any atom is 0.272 e. The van der Waals surface area contributed by atoms with Gasteiger partial charge in [0.2, 0.25) is 0 Å². The van der Waals surface area contributed by atoms with Crippen molar-refractivity contribution in [1.29, 1.82) is 0 Å². The zero-order valence-corrected chi connectivity index (χ0v) is 22.3. The van der Waals surface area contributed by atoms with E-state index >= 15 is 0 Å². The Balaban J connectivity index is 1.39. The van der Waals surface area contributed by atoms with Crippen LogP contribution in [0.25, 0.3) is 22.2 Å². The third kappa shape index (κ3) is 5.98. The first kappa shape index (κ1) is 26.1. The lowest BCUT2D eigenvalue weighted by molar-refractivity contribution is 0.0955. The minimum absolute atomic E-state index is 0.282. The van der Waals surface area contributed by atoms with Gasteiger partial charge in [-0.05, 0) is 55.0 Å². The molecule has 0 aliphatic heterocycles. The number of anilines is 1. The van der Waals surface area contributed by atoms with E-state index in [1.165, 1.54) is 0 Å². The molecule has 0 saturated heterocycles. The van der Waals surface area contributed by atoms with E-state index in [1.807, 2.05) is 36.4 Å². The topological polar surface area (TPSA) is 83.4 Å². The smallest absolute Gasteiger partial charge is 0.272 e. The Morgan fingerprint density at radius 2 is 1.51 bits per heavy atom. The predicted octanol–water partition coefficient (Wildman–Crippen LogP) is 7.61. The fourth-order valence-corrected chi connectivity index (χ4v) is 4.48. The van der Waals surface area contributed by atoms with Crippen molar-refractivity contribution < 1.29 is 9.59 Å². The molecular formula is C31H22Cl2N4O2. The third-order valence-electron chi connectivity index (χ3n) is 6.05. The highest BCUT2D eigenvalue weighted by Crippen LogP contribution is 2.29. The number of nitrogens with one attached hydrogen (secondary N) is 2. The molecular weight excluding hydrogens is 531 g/mol. The van der Waals surface area contributed by atoms with E-state index in [2.05, 4.69) is 15.8 Å². The summed E-state index contributed by atoms with van der Waals surface area (Å²) in [6.45, 7) is 1.77. The first-order chi connectivity index (χ1) is 18.9. The summed E-state index contributed by atoms with van der Waals surface area (Å²) >= 11 is 12.4. The van der Waals surface area contributed by atoms with Crippen LogP contribution < -0.4 is 10.7 Å². The number of fused-ring (bicyclic) bond motifs is 1. The summed E-state index contributed by atoms with van der Waals surface area (Å²) in [7, 11) is 0. The largest absolute Gasteiger partial charge is 0.322 e. The number of benzene rings is 4. The van der Waals surface area contributed by atoms with Crippen LogP contribution in [-0.4, -0.2) is 22.5 Å². The van der Waals surface area contributed by atoms with Gasteiger partial charge < -0.3 is 5.32 Å². The minimum atomic E-state index is -0.397. The molecule has 5 rings (SSSR count). The van der Waals surface area contributed by atoms with Gasteiger partial charge in [-0.3, -0.25) is 9.59 Å². The van der Waals surface area contributed by atoms with Crippen LogP contribution in [0.4, 0.5) is 5.69 Å². The Kier molecular flexibility index (Phi) is 7.68. The van der Waals surface area contributed by atoms with Gasteiger partial charge in [-0.1, -0.05) is 83.9 Å². The molecule has 0 aliphatic rings. The molecule has 1 heterocycles. The minimum Gasteiger partial charge on any atom is -0.322 e. The van der Waals surface area contributed by atoms with Gasteiger partial charge in [-0.15, -0.1) is 0 Å². The van der Waals surface area contributed by atoms with Crippen molar-refractivity contribution >= 4 is 57.3 Å². The third-order valence-corrected chi connectivity index (χ3v) is 6.59. The van der Waals surface area contributed by atoms with E-state index in [4.69, 9.17) is 28.2 Å². The molecule has 5 aromatic rings. The number of nitrogens with zero attached hydrogens (tertiary/aromatic N) is 2. The van der Waals surface area contributed by atoms with Crippen LogP contribution in [0.5, 0.6) is 0 Å². The number of carbonyl (C=O) groups is 2. The number of rotatable bonds is 6. The van der Waals surface area contributed by atoms with E-state index in [0.717, 1.165) is 11.1 Å². The summed E-state index contributed by atoms with van der Waals surface area (Å²) in [6, 6.07) is 30.6. The molecule has 6 nitrogen and oxygen atoms in total. The molecule has 0 bridgehead atoms. The van der Waals surface area contributed by atoms with Gasteiger partial charge in [0.1, 0.15) is 0 Å². The fourth-order valence-electron chi connectivity index (χ4n) is 4.07. The highest BCUT2D eigenvalue weighted by molar-refractivity contribution is 6.35. The second-order valence-electron chi connectivity index (χ2n) is 8.74. The van der Waals surface area contributed by atoms with E-state index in [-0.39, 0.29) is 5.91 Å². The highest BCUT2D eigenvalue weighted by atomic mass is 35.5. The predicted molar refractivity (Wildman–Crippen MR) is 158 cm³/mol. The normalized spacial score (nSPS) is 11.3. The number of aromatic nitrogens is 1. The average Bonchev–Trinajstić information content (AvgIpc) is 2.96. The summed E-state index contributed by atoms with van der Waals surface area (Å²) in [6.07, 6.45) is 0. The van der Waals surface area contributed by atoms with Gasteiger partial charge in [-0.2, -0.15) is 5.10 Å². The number of pyridine rings is 1. The van der Waals surface area contributed by atoms with Crippen LogP contribution in [0.3, 0.4) is 0 Å². The Morgan fingerprint density at radius 1 is 0.769 bits per heavy atom. The molecule has 2 N–H and O–H groups in total. The fraction of sp³-hybridized carbons (Fsp3) is 0.0323. The van der Waals surface area contributed by atoms with Gasteiger partial charge in [-0.25, -0.2) is 10.4 Å². The average molecular weight is 553 g/mol. The van der Waals surface area contributed by atoms with E-state index in [1.54, 1.807) is 73.7 Å². The molecule has 8 heteroatoms. The van der Waals surface area contributed by atoms with Gasteiger partial charge in [0.15, 0.2) is 0 Å². The number of amides is 2. The molecule has 0 radical (unpaired) electrons. The molecule has 0 saturated carbocycles. The number of hydrazone groups is 1. The molecule has 4 aromatic carbocycles. The lowest BCUT2D eigenvalue weighted by atomic mass is 10.0. The monoisotopic (exact) mass is 552 g/mol. The molecule has 0 aliphatic carbocycles. The van der Waals surface area contributed by atoms with Gasteiger partial charge in [0.25, 0.3) is 11.8 Å². The first-order valence-electron chi connectivity index (χ1n) is 12.1. The van der Waals surface area contributed by atoms with Crippen molar-refractivity contribution in [2.75, 3.05) is 5.32 Å². The van der Waals surface area contributed by atoms with Crippen molar-refractivity contribution in [3.05, 3.63) is 130 Å². The van der Waals surface area contributed by atoms with Crippen LogP contribution in [0.15, 0.2) is 108 Å². The Hall–Kier alpha value is -4.52. The van der Waals surface area contributed by atoms with E-state index < -0.39 is 5.91 Å². The molecule has 0 spiro atoms. The quantitative estimate of drug-likeness (QED) is 0.168. The van der Waals surface area contributed by atoms with Crippen LogP contribution in [0.2, 0.25) is 10.0 Å². The molecule has 39 heavy (non-hydrogen) atoms. The van der Waals surface area contributed by atoms with Crippen molar-refractivity contribution in [3.8, 4) is 11.3 Å². The highest BCUT2D eigenvalue weighted by Gasteiger charge is 2.16. The maximum atomic E-state index is 13.3. The maximum absolute atomic E-state index is 13.3. The summed E-state index contributed by atoms with van der Waals surface area (Å²) < 4.78 is 0. The first-order valence-corrected chi connectivity index (χ1v) is 12.8. The Bertz CT molecular complexity index is 1740. The summed E-state index contributed by atoms with van der Waals surface area (Å²) in [4.78, 5) is 30.6.